The summed E-state index contributed by atoms with van der Waals surface area (Å²) in [4.78, 5) is 14.8. The van der Waals surface area contributed by atoms with Crippen LogP contribution in [0.5, 0.6) is 0 Å². The summed E-state index contributed by atoms with van der Waals surface area (Å²) in [5.41, 5.74) is 9.05. The number of hydrogen-bond acceptors (Lipinski definition) is 3. The molecule has 3 nitrogen and oxygen atoms in total. The van der Waals surface area contributed by atoms with E-state index >= 15 is 0 Å². The third-order valence-electron chi connectivity index (χ3n) is 8.66. The Kier molecular flexibility index (Phi) is 7.12. The van der Waals surface area contributed by atoms with Gasteiger partial charge in [-0.2, -0.15) is 0 Å². The molecular weight excluding hydrogens is 558 g/mol. The van der Waals surface area contributed by atoms with Gasteiger partial charge < -0.3 is 0 Å². The van der Waals surface area contributed by atoms with Crippen LogP contribution in [-0.4, -0.2) is 15.0 Å². The van der Waals surface area contributed by atoms with Crippen LogP contribution in [-0.2, 0) is 6.42 Å². The molecule has 0 saturated heterocycles. The number of nitrogens with zero attached hydrogens (tertiary/aromatic N) is 3. The van der Waals surface area contributed by atoms with E-state index in [1.165, 1.54) is 43.8 Å². The van der Waals surface area contributed by atoms with E-state index < -0.39 is 0 Å². The summed E-state index contributed by atoms with van der Waals surface area (Å²) in [7, 11) is 0. The molecule has 1 heterocycles. The molecule has 218 valence electrons. The molecule has 1 aromatic heterocycles. The van der Waals surface area contributed by atoms with E-state index in [0.717, 1.165) is 34.5 Å². The standard InChI is InChI=1S/C43H31N3/c1-2-41-44-42(33-19-10-17-31(27-33)36-24-12-16-30-15-6-7-21-35(30)36)46-43(45-41)34-20-11-18-32(28-34)38-26-25-37(29-13-4-3-5-14-29)39-22-8-9-23-40(38)39/h3-28H,2H2,1H3. The van der Waals surface area contributed by atoms with Crippen molar-refractivity contribution < 1.29 is 0 Å². The maximum Gasteiger partial charge on any atom is 0.163 e. The minimum absolute atomic E-state index is 0.685. The van der Waals surface area contributed by atoms with E-state index in [4.69, 9.17) is 15.0 Å². The van der Waals surface area contributed by atoms with E-state index in [2.05, 4.69) is 165 Å². The third kappa shape index (κ3) is 5.12. The van der Waals surface area contributed by atoms with Crippen molar-refractivity contribution in [3.63, 3.8) is 0 Å². The normalized spacial score (nSPS) is 11.2. The lowest BCUT2D eigenvalue weighted by molar-refractivity contribution is 0.910. The molecule has 3 heteroatoms. The number of rotatable bonds is 6. The molecule has 8 aromatic rings. The lowest BCUT2D eigenvalue weighted by Gasteiger charge is -2.13. The van der Waals surface area contributed by atoms with Crippen LogP contribution in [0.2, 0.25) is 0 Å². The molecule has 7 aromatic carbocycles. The van der Waals surface area contributed by atoms with Gasteiger partial charge in [0.25, 0.3) is 0 Å². The summed E-state index contributed by atoms with van der Waals surface area (Å²) in [6.45, 7) is 2.09. The Bertz CT molecular complexity index is 2350. The Morgan fingerprint density at radius 2 is 0.826 bits per heavy atom. The molecule has 0 aliphatic rings. The fourth-order valence-corrected chi connectivity index (χ4v) is 6.39. The lowest BCUT2D eigenvalue weighted by atomic mass is 9.91. The van der Waals surface area contributed by atoms with E-state index in [0.29, 0.717) is 11.6 Å². The van der Waals surface area contributed by atoms with E-state index in [1.54, 1.807) is 0 Å². The summed E-state index contributed by atoms with van der Waals surface area (Å²) in [5.74, 6) is 2.15. The van der Waals surface area contributed by atoms with Crippen LogP contribution in [0.15, 0.2) is 158 Å². The summed E-state index contributed by atoms with van der Waals surface area (Å²) in [6, 6.07) is 55.8. The smallest absolute Gasteiger partial charge is 0.163 e. The molecule has 0 aliphatic heterocycles. The first kappa shape index (κ1) is 27.6. The van der Waals surface area contributed by atoms with Gasteiger partial charge in [-0.15, -0.1) is 0 Å². The highest BCUT2D eigenvalue weighted by Gasteiger charge is 2.14. The van der Waals surface area contributed by atoms with Crippen molar-refractivity contribution in [3.8, 4) is 56.2 Å². The van der Waals surface area contributed by atoms with Crippen molar-refractivity contribution >= 4 is 21.5 Å². The largest absolute Gasteiger partial charge is 0.213 e. The van der Waals surface area contributed by atoms with Gasteiger partial charge in [0.1, 0.15) is 5.82 Å². The average molecular weight is 590 g/mol. The second-order valence-electron chi connectivity index (χ2n) is 11.5. The monoisotopic (exact) mass is 589 g/mol. The van der Waals surface area contributed by atoms with Gasteiger partial charge in [0, 0.05) is 17.5 Å². The van der Waals surface area contributed by atoms with Crippen molar-refractivity contribution in [1.82, 2.24) is 15.0 Å². The minimum atomic E-state index is 0.685. The molecule has 0 fully saturated rings. The highest BCUT2D eigenvalue weighted by atomic mass is 15.0. The Morgan fingerprint density at radius 3 is 1.46 bits per heavy atom. The predicted octanol–water partition coefficient (Wildman–Crippen LogP) is 11.1. The first-order chi connectivity index (χ1) is 22.7. The number of hydrogen-bond donors (Lipinski definition) is 0. The SMILES string of the molecule is CCc1nc(-c2cccc(-c3cccc4ccccc34)c2)nc(-c2cccc(-c3ccc(-c4ccccc4)c4ccccc34)c2)n1. The highest BCUT2D eigenvalue weighted by Crippen LogP contribution is 2.37. The van der Waals surface area contributed by atoms with Crippen LogP contribution >= 0.6 is 0 Å². The van der Waals surface area contributed by atoms with Gasteiger partial charge in [-0.25, -0.2) is 15.0 Å². The minimum Gasteiger partial charge on any atom is -0.213 e. The summed E-state index contributed by atoms with van der Waals surface area (Å²) in [5, 5.41) is 4.91. The van der Waals surface area contributed by atoms with Crippen LogP contribution in [0.4, 0.5) is 0 Å². The fraction of sp³-hybridized carbons (Fsp3) is 0.0465. The highest BCUT2D eigenvalue weighted by molar-refractivity contribution is 6.05. The topological polar surface area (TPSA) is 38.7 Å². The zero-order valence-electron chi connectivity index (χ0n) is 25.6. The first-order valence-electron chi connectivity index (χ1n) is 15.8. The van der Waals surface area contributed by atoms with Gasteiger partial charge in [0.15, 0.2) is 11.6 Å². The van der Waals surface area contributed by atoms with E-state index in [-0.39, 0.29) is 0 Å². The van der Waals surface area contributed by atoms with Gasteiger partial charge in [-0.3, -0.25) is 0 Å². The maximum absolute atomic E-state index is 5.05. The second kappa shape index (κ2) is 11.9. The van der Waals surface area contributed by atoms with Gasteiger partial charge >= 0.3 is 0 Å². The molecule has 0 saturated carbocycles. The average Bonchev–Trinajstić information content (AvgIpc) is 3.14. The number of benzene rings is 7. The lowest BCUT2D eigenvalue weighted by Crippen LogP contribution is -2.02. The molecule has 0 amide bonds. The van der Waals surface area contributed by atoms with Crippen LogP contribution in [0.1, 0.15) is 12.7 Å². The Hall–Kier alpha value is -5.93. The van der Waals surface area contributed by atoms with Crippen molar-refractivity contribution in [1.29, 1.82) is 0 Å². The third-order valence-corrected chi connectivity index (χ3v) is 8.66. The molecule has 46 heavy (non-hydrogen) atoms. The number of fused-ring (bicyclic) bond motifs is 2. The molecular formula is C43H31N3. The molecule has 8 rings (SSSR count). The molecule has 0 radical (unpaired) electrons. The van der Waals surface area contributed by atoms with Gasteiger partial charge in [0.05, 0.1) is 0 Å². The molecule has 0 atom stereocenters. The summed E-state index contributed by atoms with van der Waals surface area (Å²) in [6.07, 6.45) is 0.719. The zero-order valence-corrected chi connectivity index (χ0v) is 25.6. The molecule has 0 aliphatic carbocycles. The molecule has 0 unspecified atom stereocenters. The molecule has 0 bridgehead atoms. The maximum atomic E-state index is 5.05. The van der Waals surface area contributed by atoms with Crippen LogP contribution in [0, 0.1) is 0 Å². The summed E-state index contributed by atoms with van der Waals surface area (Å²) < 4.78 is 0. The molecule has 0 N–H and O–H groups in total. The second-order valence-corrected chi connectivity index (χ2v) is 11.5. The van der Waals surface area contributed by atoms with Crippen LogP contribution in [0.25, 0.3) is 77.7 Å². The Balaban J connectivity index is 1.21. The number of aryl methyl sites for hydroxylation is 1. The van der Waals surface area contributed by atoms with Crippen molar-refractivity contribution in [2.24, 2.45) is 0 Å². The van der Waals surface area contributed by atoms with Crippen molar-refractivity contribution in [2.45, 2.75) is 13.3 Å². The molecule has 0 spiro atoms. The zero-order chi connectivity index (χ0) is 30.9. The van der Waals surface area contributed by atoms with Crippen LogP contribution < -0.4 is 0 Å². The Labute approximate surface area is 268 Å². The predicted molar refractivity (Wildman–Crippen MR) is 191 cm³/mol. The summed E-state index contributed by atoms with van der Waals surface area (Å²) >= 11 is 0. The fourth-order valence-electron chi connectivity index (χ4n) is 6.39. The van der Waals surface area contributed by atoms with E-state index in [1.807, 2.05) is 0 Å². The first-order valence-corrected chi connectivity index (χ1v) is 15.8. The Morgan fingerprint density at radius 1 is 0.370 bits per heavy atom. The van der Waals surface area contributed by atoms with E-state index in [9.17, 15) is 0 Å². The number of aromatic nitrogens is 3. The van der Waals surface area contributed by atoms with Gasteiger partial charge in [-0.05, 0) is 67.1 Å². The van der Waals surface area contributed by atoms with Crippen LogP contribution in [0.3, 0.4) is 0 Å². The van der Waals surface area contributed by atoms with Gasteiger partial charge in [-0.1, -0.05) is 153 Å². The quantitative estimate of drug-likeness (QED) is 0.194. The van der Waals surface area contributed by atoms with Crippen molar-refractivity contribution in [3.05, 3.63) is 164 Å². The van der Waals surface area contributed by atoms with Gasteiger partial charge in [0.2, 0.25) is 0 Å². The van der Waals surface area contributed by atoms with Crippen molar-refractivity contribution in [2.75, 3.05) is 0 Å².